The fraction of sp³-hybridized carbons (Fsp3) is 0.571. The van der Waals surface area contributed by atoms with Crippen molar-refractivity contribution >= 4 is 28.1 Å². The number of nitrogens with one attached hydrogen (secondary N) is 1. The van der Waals surface area contributed by atoms with Crippen molar-refractivity contribution in [1.82, 2.24) is 5.32 Å². The molecule has 1 rings (SSSR count). The zero-order valence-corrected chi connectivity index (χ0v) is 19.7. The second-order valence-corrected chi connectivity index (χ2v) is 9.79. The Hall–Kier alpha value is -2.70. The minimum Gasteiger partial charge on any atom is -0.479 e. The molecular weight excluding hydrogens is 458 g/mol. The number of ether oxygens (including phenoxy) is 2. The summed E-state index contributed by atoms with van der Waals surface area (Å²) in [5.74, 6) is -1.96. The molecule has 0 aliphatic carbocycles. The molecule has 1 atom stereocenters. The van der Waals surface area contributed by atoms with Gasteiger partial charge in [-0.3, -0.25) is 8.98 Å². The number of hydrogen-bond acceptors (Lipinski definition) is 9. The smallest absolute Gasteiger partial charge is 0.479 e. The van der Waals surface area contributed by atoms with Gasteiger partial charge in [0.05, 0.1) is 19.0 Å². The summed E-state index contributed by atoms with van der Waals surface area (Å²) in [4.78, 5) is 34.3. The van der Waals surface area contributed by atoms with Gasteiger partial charge in [-0.1, -0.05) is 32.0 Å². The van der Waals surface area contributed by atoms with Crippen LogP contribution >= 0.6 is 0 Å². The molecule has 1 aromatic rings. The van der Waals surface area contributed by atoms with Crippen molar-refractivity contribution < 1.29 is 46.7 Å². The van der Waals surface area contributed by atoms with Crippen molar-refractivity contribution in [3.05, 3.63) is 30.3 Å². The lowest BCUT2D eigenvalue weighted by atomic mass is 9.73. The highest BCUT2D eigenvalue weighted by atomic mass is 32.2. The van der Waals surface area contributed by atoms with Crippen molar-refractivity contribution in [2.75, 3.05) is 25.5 Å². The van der Waals surface area contributed by atoms with Gasteiger partial charge in [0.1, 0.15) is 5.75 Å². The van der Waals surface area contributed by atoms with Crippen LogP contribution in [0.2, 0.25) is 0 Å². The molecule has 0 unspecified atom stereocenters. The third-order valence-electron chi connectivity index (χ3n) is 4.87. The Morgan fingerprint density at radius 3 is 2.30 bits per heavy atom. The number of para-hydroxylation sites is 1. The highest BCUT2D eigenvalue weighted by Crippen LogP contribution is 2.36. The van der Waals surface area contributed by atoms with Crippen molar-refractivity contribution in [3.63, 3.8) is 0 Å². The summed E-state index contributed by atoms with van der Waals surface area (Å²) in [6, 6.07) is 8.20. The van der Waals surface area contributed by atoms with Gasteiger partial charge >= 0.3 is 12.1 Å². The Balaban J connectivity index is 2.58. The number of aliphatic hydroxyl groups is 1. The number of carbonyl (C=O) groups excluding carboxylic acids is 2. The van der Waals surface area contributed by atoms with Gasteiger partial charge in [-0.25, -0.2) is 9.59 Å². The number of carbonyl (C=O) groups is 3. The van der Waals surface area contributed by atoms with Crippen molar-refractivity contribution in [2.45, 2.75) is 45.6 Å². The van der Waals surface area contributed by atoms with Crippen LogP contribution in [0.25, 0.3) is 0 Å². The number of carboxylic acid groups (broad SMARTS) is 1. The zero-order chi connectivity index (χ0) is 25.1. The molecule has 33 heavy (non-hydrogen) atoms. The molecule has 0 aliphatic rings. The summed E-state index contributed by atoms with van der Waals surface area (Å²) in [7, 11) is -4.01. The Kier molecular flexibility index (Phi) is 10.7. The van der Waals surface area contributed by atoms with Gasteiger partial charge in [-0.15, -0.1) is 0 Å². The standard InChI is InChI=1S/C21H31NO10S/c1-16(23)22-12-8-14-33(28,29)31-15-20(2,3)21(27,18(24)25)11-7-13-30-19(26)32-17-9-5-4-6-10-17/h4-6,9-10,27H,7-8,11-15H2,1-3H3,(H,22,23)(H,24,25)/t21-/m0/s1. The lowest BCUT2D eigenvalue weighted by Crippen LogP contribution is -2.54. The van der Waals surface area contributed by atoms with Gasteiger partial charge in [0.2, 0.25) is 5.91 Å². The van der Waals surface area contributed by atoms with E-state index in [-0.39, 0.29) is 49.8 Å². The zero-order valence-electron chi connectivity index (χ0n) is 18.9. The summed E-state index contributed by atoms with van der Waals surface area (Å²) in [6.45, 7) is 3.36. The quantitative estimate of drug-likeness (QED) is 0.151. The maximum Gasteiger partial charge on any atom is 0.513 e. The molecule has 186 valence electrons. The van der Waals surface area contributed by atoms with E-state index in [1.807, 2.05) is 0 Å². The van der Waals surface area contributed by atoms with Gasteiger partial charge in [0.15, 0.2) is 5.60 Å². The van der Waals surface area contributed by atoms with Crippen LogP contribution in [0.3, 0.4) is 0 Å². The first-order chi connectivity index (χ1) is 15.3. The van der Waals surface area contributed by atoms with Crippen molar-refractivity contribution in [1.29, 1.82) is 0 Å². The van der Waals surface area contributed by atoms with Crippen molar-refractivity contribution in [2.24, 2.45) is 5.41 Å². The van der Waals surface area contributed by atoms with Gasteiger partial charge < -0.3 is 25.0 Å². The summed E-state index contributed by atoms with van der Waals surface area (Å²) in [5, 5.41) is 22.9. The Morgan fingerprint density at radius 2 is 1.73 bits per heavy atom. The fourth-order valence-electron chi connectivity index (χ4n) is 2.76. The van der Waals surface area contributed by atoms with E-state index in [2.05, 4.69) is 5.32 Å². The van der Waals surface area contributed by atoms with Crippen LogP contribution in [0.15, 0.2) is 30.3 Å². The summed E-state index contributed by atoms with van der Waals surface area (Å²) >= 11 is 0. The maximum atomic E-state index is 12.1. The van der Waals surface area contributed by atoms with Crippen LogP contribution in [0.4, 0.5) is 4.79 Å². The van der Waals surface area contributed by atoms with E-state index < -0.39 is 39.9 Å². The third kappa shape index (κ3) is 9.76. The Morgan fingerprint density at radius 1 is 1.09 bits per heavy atom. The topological polar surface area (TPSA) is 166 Å². The van der Waals surface area contributed by atoms with Gasteiger partial charge in [-0.05, 0) is 31.4 Å². The maximum absolute atomic E-state index is 12.1. The number of aliphatic carboxylic acids is 1. The van der Waals surface area contributed by atoms with E-state index in [0.29, 0.717) is 0 Å². The molecule has 3 N–H and O–H groups in total. The largest absolute Gasteiger partial charge is 0.513 e. The summed E-state index contributed by atoms with van der Waals surface area (Å²) in [5.41, 5.74) is -3.86. The molecule has 1 amide bonds. The van der Waals surface area contributed by atoms with E-state index in [4.69, 9.17) is 13.7 Å². The summed E-state index contributed by atoms with van der Waals surface area (Å²) in [6.07, 6.45) is -1.23. The third-order valence-corrected chi connectivity index (χ3v) is 6.13. The van der Waals surface area contributed by atoms with E-state index in [1.165, 1.54) is 20.8 Å². The molecule has 0 spiro atoms. The SMILES string of the molecule is CC(=O)NCCCS(=O)(=O)OCC(C)(C)[C@](O)(CCCOC(=O)Oc1ccccc1)C(=O)O. The number of rotatable bonds is 14. The molecule has 1 aromatic carbocycles. The molecule has 11 nitrogen and oxygen atoms in total. The van der Waals surface area contributed by atoms with E-state index in [9.17, 15) is 33.0 Å². The van der Waals surface area contributed by atoms with Crippen LogP contribution in [0.1, 0.15) is 40.0 Å². The molecule has 0 aliphatic heterocycles. The molecule has 0 heterocycles. The van der Waals surface area contributed by atoms with Crippen molar-refractivity contribution in [3.8, 4) is 5.75 Å². The predicted octanol–water partition coefficient (Wildman–Crippen LogP) is 1.70. The predicted molar refractivity (Wildman–Crippen MR) is 117 cm³/mol. The number of hydrogen-bond donors (Lipinski definition) is 3. The fourth-order valence-corrected chi connectivity index (χ4v) is 3.85. The monoisotopic (exact) mass is 489 g/mol. The van der Waals surface area contributed by atoms with Crippen LogP contribution in [0.5, 0.6) is 5.75 Å². The molecule has 0 bridgehead atoms. The van der Waals surface area contributed by atoms with Crippen LogP contribution < -0.4 is 10.1 Å². The molecule has 12 heteroatoms. The van der Waals surface area contributed by atoms with Crippen LogP contribution in [-0.4, -0.2) is 67.8 Å². The molecule has 0 saturated carbocycles. The van der Waals surface area contributed by atoms with Gasteiger partial charge in [0.25, 0.3) is 10.1 Å². The highest BCUT2D eigenvalue weighted by Gasteiger charge is 2.50. The molecule has 0 aromatic heterocycles. The van der Waals surface area contributed by atoms with Crippen LogP contribution in [0, 0.1) is 5.41 Å². The molecule has 0 radical (unpaired) electrons. The van der Waals surface area contributed by atoms with Crippen LogP contribution in [-0.2, 0) is 28.6 Å². The average Bonchev–Trinajstić information content (AvgIpc) is 2.73. The van der Waals surface area contributed by atoms with E-state index in [1.54, 1.807) is 30.3 Å². The van der Waals surface area contributed by atoms with Gasteiger partial charge in [-0.2, -0.15) is 8.42 Å². The normalized spacial score (nSPS) is 13.6. The minimum atomic E-state index is -4.01. The molecular formula is C21H31NO10S. The average molecular weight is 490 g/mol. The number of amides is 1. The lowest BCUT2D eigenvalue weighted by Gasteiger charge is -2.38. The minimum absolute atomic E-state index is 0.0282. The first-order valence-electron chi connectivity index (χ1n) is 10.3. The van der Waals surface area contributed by atoms with E-state index >= 15 is 0 Å². The van der Waals surface area contributed by atoms with E-state index in [0.717, 1.165) is 0 Å². The Bertz CT molecular complexity index is 901. The lowest BCUT2D eigenvalue weighted by molar-refractivity contribution is -0.177. The Labute approximate surface area is 193 Å². The first-order valence-corrected chi connectivity index (χ1v) is 11.8. The summed E-state index contributed by atoms with van der Waals surface area (Å²) < 4.78 is 38.9. The molecule has 0 saturated heterocycles. The molecule has 0 fully saturated rings. The second kappa shape index (κ2) is 12.5. The highest BCUT2D eigenvalue weighted by molar-refractivity contribution is 7.86. The second-order valence-electron chi connectivity index (χ2n) is 8.03. The first kappa shape index (κ1) is 28.3. The van der Waals surface area contributed by atoms with Gasteiger partial charge in [0, 0.05) is 18.9 Å². The number of carboxylic acids is 1. The number of benzene rings is 1.